The van der Waals surface area contributed by atoms with Crippen LogP contribution >= 0.6 is 28.6 Å². The summed E-state index contributed by atoms with van der Waals surface area (Å²) >= 11 is 6.83. The number of rotatable bonds is 3. The van der Waals surface area contributed by atoms with Crippen molar-refractivity contribution in [1.82, 2.24) is 0 Å². The molecule has 1 aromatic carbocycles. The minimum Gasteiger partial charge on any atom is -0.206 e. The van der Waals surface area contributed by atoms with Gasteiger partial charge in [0.05, 0.1) is 4.47 Å². The Morgan fingerprint density at radius 1 is 1.29 bits per heavy atom. The van der Waals surface area contributed by atoms with Gasteiger partial charge in [0.1, 0.15) is 11.6 Å². The van der Waals surface area contributed by atoms with Crippen LogP contribution in [0.15, 0.2) is 22.7 Å². The van der Waals surface area contributed by atoms with Gasteiger partial charge in [-0.25, -0.2) is 8.78 Å². The van der Waals surface area contributed by atoms with E-state index in [2.05, 4.69) is 28.6 Å². The highest BCUT2D eigenvalue weighted by Gasteiger charge is 2.06. The highest BCUT2D eigenvalue weighted by Crippen LogP contribution is 2.21. The number of halogens is 3. The average molecular weight is 279 g/mol. The van der Waals surface area contributed by atoms with Crippen molar-refractivity contribution in [2.45, 2.75) is 6.42 Å². The van der Waals surface area contributed by atoms with E-state index in [0.717, 1.165) is 12.2 Å². The Bertz CT molecular complexity index is 327. The number of thiol groups is 1. The molecule has 0 spiro atoms. The summed E-state index contributed by atoms with van der Waals surface area (Å²) in [7, 11) is 0. The van der Waals surface area contributed by atoms with Gasteiger partial charge in [-0.3, -0.25) is 0 Å². The topological polar surface area (TPSA) is 0 Å². The first-order valence-electron chi connectivity index (χ1n) is 4.07. The zero-order chi connectivity index (χ0) is 10.6. The zero-order valence-corrected chi connectivity index (χ0v) is 9.79. The SMILES string of the molecule is Fc1cc(C=CCCS)cc(F)c1Br. The Labute approximate surface area is 95.6 Å². The minimum absolute atomic E-state index is 0.121. The van der Waals surface area contributed by atoms with Crippen LogP contribution < -0.4 is 0 Å². The lowest BCUT2D eigenvalue weighted by atomic mass is 10.2. The van der Waals surface area contributed by atoms with Crippen LogP contribution in [0.5, 0.6) is 0 Å². The van der Waals surface area contributed by atoms with Gasteiger partial charge in [0.2, 0.25) is 0 Å². The molecule has 0 aromatic heterocycles. The predicted molar refractivity (Wildman–Crippen MR) is 61.6 cm³/mol. The van der Waals surface area contributed by atoms with E-state index < -0.39 is 11.6 Å². The van der Waals surface area contributed by atoms with Crippen LogP contribution in [0.3, 0.4) is 0 Å². The molecular weight excluding hydrogens is 270 g/mol. The molecular formula is C10H9BrF2S. The molecule has 76 valence electrons. The van der Waals surface area contributed by atoms with Gasteiger partial charge >= 0.3 is 0 Å². The first-order chi connectivity index (χ1) is 6.65. The second kappa shape index (κ2) is 5.51. The van der Waals surface area contributed by atoms with Crippen molar-refractivity contribution in [3.63, 3.8) is 0 Å². The highest BCUT2D eigenvalue weighted by atomic mass is 79.9. The Kier molecular flexibility index (Phi) is 4.62. The minimum atomic E-state index is -0.587. The first kappa shape index (κ1) is 11.7. The smallest absolute Gasteiger partial charge is 0.140 e. The fourth-order valence-corrected chi connectivity index (χ4v) is 1.34. The van der Waals surface area contributed by atoms with Crippen molar-refractivity contribution in [2.75, 3.05) is 5.75 Å². The summed E-state index contributed by atoms with van der Waals surface area (Å²) < 4.78 is 25.9. The lowest BCUT2D eigenvalue weighted by Gasteiger charge is -1.99. The van der Waals surface area contributed by atoms with Crippen LogP contribution in [0, 0.1) is 11.6 Å². The van der Waals surface area contributed by atoms with E-state index in [9.17, 15) is 8.78 Å². The van der Waals surface area contributed by atoms with E-state index in [1.807, 2.05) is 6.08 Å². The maximum atomic E-state index is 13.0. The van der Waals surface area contributed by atoms with Crippen LogP contribution in [0.25, 0.3) is 6.08 Å². The Hall–Kier alpha value is -0.350. The van der Waals surface area contributed by atoms with Gasteiger partial charge in [-0.2, -0.15) is 12.6 Å². The van der Waals surface area contributed by atoms with E-state index >= 15 is 0 Å². The van der Waals surface area contributed by atoms with Crippen molar-refractivity contribution in [3.05, 3.63) is 39.9 Å². The van der Waals surface area contributed by atoms with Gasteiger partial charge in [-0.15, -0.1) is 0 Å². The number of hydrogen-bond acceptors (Lipinski definition) is 1. The van der Waals surface area contributed by atoms with Gasteiger partial charge in [0.15, 0.2) is 0 Å². The molecule has 1 aromatic rings. The standard InChI is InChI=1S/C10H9BrF2S/c11-10-8(12)5-7(6-9(10)13)3-1-2-4-14/h1,3,5-6,14H,2,4H2. The number of benzene rings is 1. The normalized spacial score (nSPS) is 11.1. The van der Waals surface area contributed by atoms with Crippen LogP contribution in [-0.2, 0) is 0 Å². The summed E-state index contributed by atoms with van der Waals surface area (Å²) in [5.74, 6) is -0.455. The summed E-state index contributed by atoms with van der Waals surface area (Å²) in [5.41, 5.74) is 0.519. The van der Waals surface area contributed by atoms with Crippen molar-refractivity contribution in [1.29, 1.82) is 0 Å². The van der Waals surface area contributed by atoms with Crippen molar-refractivity contribution < 1.29 is 8.78 Å². The fourth-order valence-electron chi connectivity index (χ4n) is 0.965. The Balaban J connectivity index is 2.89. The Morgan fingerprint density at radius 2 is 1.86 bits per heavy atom. The molecule has 0 heterocycles. The van der Waals surface area contributed by atoms with E-state index in [-0.39, 0.29) is 4.47 Å². The third-order valence-electron chi connectivity index (χ3n) is 1.61. The zero-order valence-electron chi connectivity index (χ0n) is 7.30. The maximum absolute atomic E-state index is 13.0. The summed E-state index contributed by atoms with van der Waals surface area (Å²) in [6, 6.07) is 2.56. The number of hydrogen-bond donors (Lipinski definition) is 1. The van der Waals surface area contributed by atoms with Gasteiger partial charge < -0.3 is 0 Å². The Morgan fingerprint density at radius 3 is 2.36 bits per heavy atom. The summed E-state index contributed by atoms with van der Waals surface area (Å²) in [6.45, 7) is 0. The molecule has 0 saturated heterocycles. The molecule has 0 atom stereocenters. The lowest BCUT2D eigenvalue weighted by molar-refractivity contribution is 0.571. The molecule has 0 aliphatic carbocycles. The molecule has 0 radical (unpaired) electrons. The molecule has 0 amide bonds. The highest BCUT2D eigenvalue weighted by molar-refractivity contribution is 9.10. The summed E-state index contributed by atoms with van der Waals surface area (Å²) in [6.07, 6.45) is 4.28. The molecule has 0 unspecified atom stereocenters. The van der Waals surface area contributed by atoms with E-state index in [1.54, 1.807) is 6.08 Å². The van der Waals surface area contributed by atoms with Gasteiger partial charge in [0.25, 0.3) is 0 Å². The molecule has 0 bridgehead atoms. The van der Waals surface area contributed by atoms with Crippen molar-refractivity contribution >= 4 is 34.6 Å². The maximum Gasteiger partial charge on any atom is 0.140 e. The van der Waals surface area contributed by atoms with Gasteiger partial charge in [0, 0.05) is 0 Å². The monoisotopic (exact) mass is 278 g/mol. The summed E-state index contributed by atoms with van der Waals surface area (Å²) in [5, 5.41) is 0. The molecule has 1 rings (SSSR count). The third kappa shape index (κ3) is 3.10. The molecule has 0 aliphatic heterocycles. The molecule has 0 aliphatic rings. The summed E-state index contributed by atoms with van der Waals surface area (Å²) in [4.78, 5) is 0. The molecule has 0 fully saturated rings. The predicted octanol–water partition coefficient (Wildman–Crippen LogP) is 4.06. The molecule has 14 heavy (non-hydrogen) atoms. The molecule has 0 nitrogen and oxygen atoms in total. The van der Waals surface area contributed by atoms with Crippen LogP contribution in [0.2, 0.25) is 0 Å². The second-order valence-corrected chi connectivity index (χ2v) is 3.95. The first-order valence-corrected chi connectivity index (χ1v) is 5.49. The van der Waals surface area contributed by atoms with Gasteiger partial charge in [-0.05, 0) is 45.8 Å². The molecule has 0 N–H and O–H groups in total. The third-order valence-corrected chi connectivity index (χ3v) is 2.63. The quantitative estimate of drug-likeness (QED) is 0.626. The molecule has 4 heteroatoms. The van der Waals surface area contributed by atoms with Crippen LogP contribution in [0.4, 0.5) is 8.78 Å². The molecule has 0 saturated carbocycles. The van der Waals surface area contributed by atoms with Crippen molar-refractivity contribution in [3.8, 4) is 0 Å². The van der Waals surface area contributed by atoms with Crippen LogP contribution in [0.1, 0.15) is 12.0 Å². The van der Waals surface area contributed by atoms with Gasteiger partial charge in [-0.1, -0.05) is 12.2 Å². The average Bonchev–Trinajstić information content (AvgIpc) is 2.14. The van der Waals surface area contributed by atoms with Crippen molar-refractivity contribution in [2.24, 2.45) is 0 Å². The fraction of sp³-hybridized carbons (Fsp3) is 0.200. The lowest BCUT2D eigenvalue weighted by Crippen LogP contribution is -1.86. The van der Waals surface area contributed by atoms with E-state index in [1.165, 1.54) is 12.1 Å². The van der Waals surface area contributed by atoms with E-state index in [4.69, 9.17) is 0 Å². The van der Waals surface area contributed by atoms with E-state index in [0.29, 0.717) is 5.56 Å². The second-order valence-electron chi connectivity index (χ2n) is 2.71. The largest absolute Gasteiger partial charge is 0.206 e. The van der Waals surface area contributed by atoms with Crippen LogP contribution in [-0.4, -0.2) is 5.75 Å². The number of allylic oxidation sites excluding steroid dienone is 1.